The molecule has 6 heteroatoms. The first-order valence-electron chi connectivity index (χ1n) is 10.4. The van der Waals surface area contributed by atoms with Crippen LogP contribution in [0.3, 0.4) is 0 Å². The number of Topliss-reactive ketones (excluding diaryl/α,β-unsaturated/α-hetero) is 1. The van der Waals surface area contributed by atoms with Crippen molar-refractivity contribution in [3.63, 3.8) is 0 Å². The second-order valence-electron chi connectivity index (χ2n) is 7.75. The van der Waals surface area contributed by atoms with Crippen LogP contribution >= 0.6 is 11.3 Å². The molecule has 5 nitrogen and oxygen atoms in total. The van der Waals surface area contributed by atoms with Crippen molar-refractivity contribution in [2.24, 2.45) is 5.73 Å². The molecular weight excluding hydrogens is 380 g/mol. The number of rotatable bonds is 6. The van der Waals surface area contributed by atoms with Crippen LogP contribution in [0.5, 0.6) is 0 Å². The molecule has 0 amide bonds. The predicted molar refractivity (Wildman–Crippen MR) is 122 cm³/mol. The van der Waals surface area contributed by atoms with Gasteiger partial charge in [-0.2, -0.15) is 0 Å². The quantitative estimate of drug-likeness (QED) is 0.598. The van der Waals surface area contributed by atoms with Crippen LogP contribution in [0.4, 0.5) is 11.5 Å². The first-order valence-corrected chi connectivity index (χ1v) is 11.2. The SMILES string of the molecule is CCC(=O)c1sc2nc(N3CCC(N)CC3)cc(CCc3ccccc3)c2c1N. The summed E-state index contributed by atoms with van der Waals surface area (Å²) < 4.78 is 0. The van der Waals surface area contributed by atoms with Crippen LogP contribution in [0.2, 0.25) is 0 Å². The molecule has 152 valence electrons. The Morgan fingerprint density at radius 1 is 1.21 bits per heavy atom. The van der Waals surface area contributed by atoms with E-state index < -0.39 is 0 Å². The average molecular weight is 409 g/mol. The highest BCUT2D eigenvalue weighted by molar-refractivity contribution is 7.21. The molecule has 4 N–H and O–H groups in total. The third kappa shape index (κ3) is 4.14. The van der Waals surface area contributed by atoms with E-state index in [1.54, 1.807) is 0 Å². The lowest BCUT2D eigenvalue weighted by molar-refractivity contribution is 0.0993. The Morgan fingerprint density at radius 2 is 1.93 bits per heavy atom. The second-order valence-corrected chi connectivity index (χ2v) is 8.75. The molecule has 1 aromatic carbocycles. The summed E-state index contributed by atoms with van der Waals surface area (Å²) in [6.07, 6.45) is 4.20. The summed E-state index contributed by atoms with van der Waals surface area (Å²) in [7, 11) is 0. The molecule has 4 rings (SSSR count). The molecule has 0 spiro atoms. The topological polar surface area (TPSA) is 85.2 Å². The van der Waals surface area contributed by atoms with Gasteiger partial charge >= 0.3 is 0 Å². The van der Waals surface area contributed by atoms with Gasteiger partial charge in [0.15, 0.2) is 5.78 Å². The van der Waals surface area contributed by atoms with E-state index >= 15 is 0 Å². The van der Waals surface area contributed by atoms with E-state index in [2.05, 4.69) is 35.2 Å². The third-order valence-corrected chi connectivity index (χ3v) is 6.87. The Hall–Kier alpha value is -2.44. The van der Waals surface area contributed by atoms with Gasteiger partial charge in [-0.3, -0.25) is 4.79 Å². The van der Waals surface area contributed by atoms with Gasteiger partial charge < -0.3 is 16.4 Å². The van der Waals surface area contributed by atoms with Gasteiger partial charge in [0.05, 0.1) is 10.6 Å². The van der Waals surface area contributed by atoms with Gasteiger partial charge in [-0.05, 0) is 42.9 Å². The number of pyridine rings is 1. The van der Waals surface area contributed by atoms with E-state index in [1.807, 2.05) is 13.0 Å². The number of carbonyl (C=O) groups is 1. The van der Waals surface area contributed by atoms with Crippen molar-refractivity contribution in [3.8, 4) is 0 Å². The number of nitrogens with zero attached hydrogens (tertiary/aromatic N) is 2. The van der Waals surface area contributed by atoms with Gasteiger partial charge in [0.2, 0.25) is 0 Å². The molecule has 0 bridgehead atoms. The fourth-order valence-corrected chi connectivity index (χ4v) is 5.11. The molecule has 1 aliphatic heterocycles. The lowest BCUT2D eigenvalue weighted by Gasteiger charge is -2.31. The van der Waals surface area contributed by atoms with Crippen molar-refractivity contribution in [1.29, 1.82) is 0 Å². The number of anilines is 2. The zero-order valence-electron chi connectivity index (χ0n) is 16.9. The van der Waals surface area contributed by atoms with E-state index in [4.69, 9.17) is 16.5 Å². The highest BCUT2D eigenvalue weighted by Crippen LogP contribution is 2.38. The first kappa shape index (κ1) is 19.9. The maximum absolute atomic E-state index is 12.4. The number of nitrogen functional groups attached to an aromatic ring is 1. The fraction of sp³-hybridized carbons (Fsp3) is 0.391. The van der Waals surface area contributed by atoms with Crippen molar-refractivity contribution in [1.82, 2.24) is 4.98 Å². The minimum absolute atomic E-state index is 0.0880. The number of piperidine rings is 1. The monoisotopic (exact) mass is 408 g/mol. The average Bonchev–Trinajstić information content (AvgIpc) is 3.09. The third-order valence-electron chi connectivity index (χ3n) is 5.73. The van der Waals surface area contributed by atoms with Crippen LogP contribution in [-0.4, -0.2) is 29.9 Å². The lowest BCUT2D eigenvalue weighted by Crippen LogP contribution is -2.40. The Kier molecular flexibility index (Phi) is 5.83. The highest BCUT2D eigenvalue weighted by atomic mass is 32.1. The molecule has 0 radical (unpaired) electrons. The first-order chi connectivity index (χ1) is 14.1. The van der Waals surface area contributed by atoms with Gasteiger partial charge in [0, 0.05) is 30.9 Å². The van der Waals surface area contributed by atoms with Crippen LogP contribution in [0.1, 0.15) is 47.0 Å². The van der Waals surface area contributed by atoms with Crippen LogP contribution in [-0.2, 0) is 12.8 Å². The van der Waals surface area contributed by atoms with E-state index in [9.17, 15) is 4.79 Å². The Labute approximate surface area is 175 Å². The Morgan fingerprint density at radius 3 is 2.62 bits per heavy atom. The molecule has 0 aliphatic carbocycles. The number of benzene rings is 1. The summed E-state index contributed by atoms with van der Waals surface area (Å²) in [4.78, 5) is 21.1. The number of aryl methyl sites for hydroxylation is 2. The zero-order valence-corrected chi connectivity index (χ0v) is 17.7. The smallest absolute Gasteiger partial charge is 0.174 e. The van der Waals surface area contributed by atoms with Crippen LogP contribution in [0, 0.1) is 0 Å². The maximum atomic E-state index is 12.4. The van der Waals surface area contributed by atoms with E-state index in [-0.39, 0.29) is 11.8 Å². The summed E-state index contributed by atoms with van der Waals surface area (Å²) >= 11 is 1.43. The molecule has 1 aliphatic rings. The molecular formula is C23H28N4OS. The lowest BCUT2D eigenvalue weighted by atomic mass is 10.0. The molecule has 3 heterocycles. The van der Waals surface area contributed by atoms with Gasteiger partial charge in [0.25, 0.3) is 0 Å². The van der Waals surface area contributed by atoms with Gasteiger partial charge in [0.1, 0.15) is 10.6 Å². The molecule has 0 saturated carbocycles. The van der Waals surface area contributed by atoms with Crippen molar-refractivity contribution in [3.05, 3.63) is 52.4 Å². The summed E-state index contributed by atoms with van der Waals surface area (Å²) in [5, 5.41) is 0.959. The number of hydrogen-bond acceptors (Lipinski definition) is 6. The summed E-state index contributed by atoms with van der Waals surface area (Å²) in [6.45, 7) is 3.71. The Balaban J connectivity index is 1.74. The van der Waals surface area contributed by atoms with Gasteiger partial charge in [-0.25, -0.2) is 4.98 Å². The number of fused-ring (bicyclic) bond motifs is 1. The molecule has 0 atom stereocenters. The van der Waals surface area contributed by atoms with Crippen molar-refractivity contribution < 1.29 is 4.79 Å². The van der Waals surface area contributed by atoms with Gasteiger partial charge in [-0.1, -0.05) is 37.3 Å². The zero-order chi connectivity index (χ0) is 20.4. The maximum Gasteiger partial charge on any atom is 0.174 e. The summed E-state index contributed by atoms with van der Waals surface area (Å²) in [5.41, 5.74) is 15.6. The van der Waals surface area contributed by atoms with E-state index in [1.165, 1.54) is 22.5 Å². The Bertz CT molecular complexity index is 1010. The second kappa shape index (κ2) is 8.51. The molecule has 1 saturated heterocycles. The number of aromatic nitrogens is 1. The largest absolute Gasteiger partial charge is 0.397 e. The number of thiophene rings is 1. The van der Waals surface area contributed by atoms with E-state index in [0.717, 1.165) is 54.8 Å². The normalized spacial score (nSPS) is 15.2. The minimum Gasteiger partial charge on any atom is -0.397 e. The molecule has 2 aromatic heterocycles. The molecule has 3 aromatic rings. The molecule has 0 unspecified atom stereocenters. The fourth-order valence-electron chi connectivity index (χ4n) is 3.96. The van der Waals surface area contributed by atoms with Crippen LogP contribution < -0.4 is 16.4 Å². The molecule has 1 fully saturated rings. The predicted octanol–water partition coefficient (Wildman–Crippen LogP) is 4.18. The van der Waals surface area contributed by atoms with Crippen LogP contribution in [0.25, 0.3) is 10.2 Å². The van der Waals surface area contributed by atoms with Crippen molar-refractivity contribution in [2.75, 3.05) is 23.7 Å². The van der Waals surface area contributed by atoms with Gasteiger partial charge in [-0.15, -0.1) is 11.3 Å². The van der Waals surface area contributed by atoms with Crippen LogP contribution in [0.15, 0.2) is 36.4 Å². The standard InChI is InChI=1S/C23H28N4OS/c1-2-18(28)22-21(25)20-16(9-8-15-6-4-3-5-7-15)14-19(26-23(20)29-22)27-12-10-17(24)11-13-27/h3-7,14,17H,2,8-13,24-25H2,1H3. The van der Waals surface area contributed by atoms with Crippen molar-refractivity contribution in [2.45, 2.75) is 45.1 Å². The van der Waals surface area contributed by atoms with E-state index in [0.29, 0.717) is 17.0 Å². The summed E-state index contributed by atoms with van der Waals surface area (Å²) in [5.74, 6) is 1.06. The minimum atomic E-state index is 0.0880. The number of hydrogen-bond donors (Lipinski definition) is 2. The van der Waals surface area contributed by atoms with Crippen molar-refractivity contribution >= 4 is 38.8 Å². The number of carbonyl (C=O) groups excluding carboxylic acids is 1. The number of nitrogens with two attached hydrogens (primary N) is 2. The highest BCUT2D eigenvalue weighted by Gasteiger charge is 2.23. The number of ketones is 1. The summed E-state index contributed by atoms with van der Waals surface area (Å²) in [6, 6.07) is 12.9. The molecule has 29 heavy (non-hydrogen) atoms.